The van der Waals surface area contributed by atoms with Crippen LogP contribution >= 0.6 is 15.8 Å². The van der Waals surface area contributed by atoms with Crippen molar-refractivity contribution in [3.63, 3.8) is 0 Å². The van der Waals surface area contributed by atoms with Crippen LogP contribution in [0, 0.1) is 0 Å². The molecule has 4 aromatic carbocycles. The van der Waals surface area contributed by atoms with Gasteiger partial charge in [-0.2, -0.15) is 0 Å². The van der Waals surface area contributed by atoms with Crippen molar-refractivity contribution >= 4 is 44.3 Å². The Morgan fingerprint density at radius 3 is 0.959 bits per heavy atom. The minimum absolute atomic E-state index is 0. The maximum absolute atomic E-state index is 9.75. The molecule has 1 fully saturated rings. The number of halogens is 4. The van der Waals surface area contributed by atoms with E-state index in [0.29, 0.717) is 0 Å². The Kier molecular flexibility index (Phi) is 17.6. The van der Waals surface area contributed by atoms with Crippen LogP contribution in [0.15, 0.2) is 146 Å². The molecule has 1 heterocycles. The average molecular weight is 796 g/mol. The molecule has 263 valence electrons. The summed E-state index contributed by atoms with van der Waals surface area (Å²) in [6, 6.07) is 43.6. The molecule has 4 aromatic rings. The second-order valence-electron chi connectivity index (χ2n) is 11.9. The van der Waals surface area contributed by atoms with E-state index in [1.165, 1.54) is 46.9 Å². The molecule has 49 heavy (non-hydrogen) atoms. The van der Waals surface area contributed by atoms with Gasteiger partial charge in [-0.3, -0.25) is 0 Å². The number of ether oxygens (including phenoxy) is 2. The van der Waals surface area contributed by atoms with Crippen molar-refractivity contribution in [2.45, 2.75) is 57.5 Å². The number of allylic oxidation sites excluding steroid dienone is 4. The van der Waals surface area contributed by atoms with Gasteiger partial charge in [-0.25, -0.2) is 0 Å². The van der Waals surface area contributed by atoms with Gasteiger partial charge in [0.2, 0.25) is 0 Å². The first-order valence-corrected chi connectivity index (χ1v) is 19.4. The summed E-state index contributed by atoms with van der Waals surface area (Å²) in [6.07, 6.45) is 16.0. The molecule has 2 atom stereocenters. The summed E-state index contributed by atoms with van der Waals surface area (Å²) >= 11 is 0. The Bertz CT molecular complexity index is 1320. The molecule has 1 aliphatic carbocycles. The standard InChI is InChI=1S/C31H32O2P2.C8H12.BF4.Rh/c1-31(2)32-29(23-34(25-15-7-3-8-16-25)26-17-9-4-10-18-26)30(33-31)24-35(27-19-11-5-12-20-27)28-21-13-6-14-22-28;1-2-4-6-8-7-5-3-1;2-1(3,4)5;/h3-22,29-30H,23-24H2,1-2H3;1-2,7-8H,3-6H2;;/q;;-1;/b;2-1-,8-7-;;/t29-,30-;;;/m0.../s1. The average Bonchev–Trinajstić information content (AvgIpc) is 3.35. The topological polar surface area (TPSA) is 18.5 Å². The van der Waals surface area contributed by atoms with E-state index in [4.69, 9.17) is 9.47 Å². The summed E-state index contributed by atoms with van der Waals surface area (Å²) in [5.41, 5.74) is 0. The zero-order valence-electron chi connectivity index (χ0n) is 27.9. The van der Waals surface area contributed by atoms with Crippen LogP contribution in [0.4, 0.5) is 17.3 Å². The summed E-state index contributed by atoms with van der Waals surface area (Å²) in [5.74, 6) is -0.585. The van der Waals surface area contributed by atoms with E-state index < -0.39 is 28.9 Å². The van der Waals surface area contributed by atoms with E-state index in [1.54, 1.807) is 0 Å². The Morgan fingerprint density at radius 1 is 0.510 bits per heavy atom. The first kappa shape index (κ1) is 41.0. The van der Waals surface area contributed by atoms with Gasteiger partial charge in [0.25, 0.3) is 0 Å². The fourth-order valence-corrected chi connectivity index (χ4v) is 10.5. The first-order chi connectivity index (χ1) is 23.1. The van der Waals surface area contributed by atoms with Crippen molar-refractivity contribution < 1.29 is 46.2 Å². The van der Waals surface area contributed by atoms with E-state index >= 15 is 0 Å². The minimum atomic E-state index is -6.00. The predicted octanol–water partition coefficient (Wildman–Crippen LogP) is 9.74. The third-order valence-electron chi connectivity index (χ3n) is 7.61. The second kappa shape index (κ2) is 21.0. The first-order valence-electron chi connectivity index (χ1n) is 16.4. The maximum Gasteiger partial charge on any atom is 0.673 e. The van der Waals surface area contributed by atoms with E-state index in [2.05, 4.69) is 159 Å². The zero-order chi connectivity index (χ0) is 34.2. The van der Waals surface area contributed by atoms with Gasteiger partial charge in [-0.1, -0.05) is 146 Å². The smallest absolute Gasteiger partial charge is 0.418 e. The quantitative estimate of drug-likeness (QED) is 0.0766. The summed E-state index contributed by atoms with van der Waals surface area (Å²) in [6.45, 7) is 4.11. The van der Waals surface area contributed by atoms with Gasteiger partial charge in [0.15, 0.2) is 5.79 Å². The molecule has 0 amide bonds. The molecule has 0 unspecified atom stereocenters. The van der Waals surface area contributed by atoms with Gasteiger partial charge >= 0.3 is 7.25 Å². The van der Waals surface area contributed by atoms with Crippen molar-refractivity contribution in [3.8, 4) is 0 Å². The molecule has 0 bridgehead atoms. The monoisotopic (exact) mass is 796 g/mol. The van der Waals surface area contributed by atoms with Crippen LogP contribution in [-0.2, 0) is 29.0 Å². The van der Waals surface area contributed by atoms with E-state index in [0.717, 1.165) is 12.3 Å². The molecule has 1 radical (unpaired) electrons. The van der Waals surface area contributed by atoms with E-state index in [9.17, 15) is 17.3 Å². The molecule has 6 rings (SSSR count). The molecule has 0 aromatic heterocycles. The van der Waals surface area contributed by atoms with Crippen molar-refractivity contribution in [2.24, 2.45) is 0 Å². The summed E-state index contributed by atoms with van der Waals surface area (Å²) < 4.78 is 52.2. The van der Waals surface area contributed by atoms with Gasteiger partial charge in [-0.05, 0) is 76.6 Å². The van der Waals surface area contributed by atoms with Crippen LogP contribution in [-0.4, -0.2) is 37.6 Å². The SMILES string of the molecule is C1=C\CC/C=C\CC/1.CC1(C)O[C@@H](CP(c2ccccc2)c2ccccc2)[C@H](CP(c2ccccc2)c2ccccc2)O1.F[B-](F)(F)F.[Rh]. The molecule has 10 heteroatoms. The van der Waals surface area contributed by atoms with Crippen LogP contribution in [0.3, 0.4) is 0 Å². The number of hydrogen-bond acceptors (Lipinski definition) is 2. The molecule has 0 N–H and O–H groups in total. The third kappa shape index (κ3) is 15.1. The van der Waals surface area contributed by atoms with Gasteiger partial charge in [0.05, 0.1) is 12.2 Å². The van der Waals surface area contributed by atoms with Crippen molar-refractivity contribution in [3.05, 3.63) is 146 Å². The van der Waals surface area contributed by atoms with Crippen molar-refractivity contribution in [1.29, 1.82) is 0 Å². The fourth-order valence-electron chi connectivity index (χ4n) is 5.59. The Hall–Kier alpha value is -2.45. The molecule has 1 aliphatic heterocycles. The minimum Gasteiger partial charge on any atom is -0.418 e. The van der Waals surface area contributed by atoms with Gasteiger partial charge in [-0.15, -0.1) is 0 Å². The van der Waals surface area contributed by atoms with Crippen LogP contribution in [0.25, 0.3) is 0 Å². The summed E-state index contributed by atoms with van der Waals surface area (Å²) in [4.78, 5) is 0. The predicted molar refractivity (Wildman–Crippen MR) is 199 cm³/mol. The molecular weight excluding hydrogens is 752 g/mol. The van der Waals surface area contributed by atoms with Crippen LogP contribution in [0.5, 0.6) is 0 Å². The number of rotatable bonds is 8. The second-order valence-corrected chi connectivity index (χ2v) is 16.4. The van der Waals surface area contributed by atoms with Crippen molar-refractivity contribution in [1.82, 2.24) is 0 Å². The van der Waals surface area contributed by atoms with E-state index in [-0.39, 0.29) is 31.7 Å². The number of hydrogen-bond donors (Lipinski definition) is 0. The molecule has 1 saturated heterocycles. The Labute approximate surface area is 304 Å². The van der Waals surface area contributed by atoms with Gasteiger partial charge in [0.1, 0.15) is 0 Å². The molecule has 2 aliphatic rings. The van der Waals surface area contributed by atoms with Crippen molar-refractivity contribution in [2.75, 3.05) is 12.3 Å². The molecule has 2 nitrogen and oxygen atoms in total. The third-order valence-corrected chi connectivity index (χ3v) is 12.8. The zero-order valence-corrected chi connectivity index (χ0v) is 31.3. The fraction of sp³-hybridized carbons (Fsp3) is 0.282. The van der Waals surface area contributed by atoms with Gasteiger partial charge < -0.3 is 26.7 Å². The van der Waals surface area contributed by atoms with E-state index in [1.807, 2.05) is 0 Å². The summed E-state index contributed by atoms with van der Waals surface area (Å²) in [7, 11) is -7.12. The Morgan fingerprint density at radius 2 is 0.735 bits per heavy atom. The van der Waals surface area contributed by atoms with Crippen LogP contribution in [0.1, 0.15) is 39.5 Å². The summed E-state index contributed by atoms with van der Waals surface area (Å²) in [5, 5.41) is 5.53. The van der Waals surface area contributed by atoms with Crippen LogP contribution in [0.2, 0.25) is 0 Å². The molecular formula is C39H44BF4O2P2Rh-. The molecule has 0 saturated carbocycles. The number of benzene rings is 4. The molecule has 0 spiro atoms. The van der Waals surface area contributed by atoms with Crippen LogP contribution < -0.4 is 21.2 Å². The van der Waals surface area contributed by atoms with Gasteiger partial charge in [0, 0.05) is 31.8 Å². The largest absolute Gasteiger partial charge is 0.673 e. The Balaban J connectivity index is 0.000000392. The normalized spacial score (nSPS) is 19.6. The maximum atomic E-state index is 9.75.